The number of nitrogens with zero attached hydrogens (tertiary/aromatic N) is 2. The maximum absolute atomic E-state index is 13.1. The summed E-state index contributed by atoms with van der Waals surface area (Å²) in [5.41, 5.74) is -0.113. The molecule has 0 aromatic heterocycles. The highest BCUT2D eigenvalue weighted by molar-refractivity contribution is 6.37. The molecule has 0 atom stereocenters. The number of phenols is 1. The second-order valence-corrected chi connectivity index (χ2v) is 6.41. The van der Waals surface area contributed by atoms with E-state index in [1.807, 2.05) is 0 Å². The molecule has 0 heterocycles. The first-order chi connectivity index (χ1) is 13.2. The highest BCUT2D eigenvalue weighted by Crippen LogP contribution is 2.35. The zero-order valence-corrected chi connectivity index (χ0v) is 16.0. The number of likely N-dealkylation sites (N-methyl/N-ethyl adjacent to an activating group) is 1. The summed E-state index contributed by atoms with van der Waals surface area (Å²) in [6.45, 7) is -0.0646. The van der Waals surface area contributed by atoms with Crippen molar-refractivity contribution in [3.8, 4) is 23.7 Å². The van der Waals surface area contributed by atoms with Gasteiger partial charge in [-0.15, -0.1) is 0 Å². The number of amides is 1. The van der Waals surface area contributed by atoms with Crippen LogP contribution < -0.4 is 0 Å². The number of aromatic hydroxyl groups is 1. The van der Waals surface area contributed by atoms with E-state index in [2.05, 4.69) is 11.8 Å². The molecule has 0 saturated heterocycles. The van der Waals surface area contributed by atoms with Crippen molar-refractivity contribution in [1.29, 1.82) is 5.26 Å². The van der Waals surface area contributed by atoms with Gasteiger partial charge in [-0.05, 0) is 30.3 Å². The van der Waals surface area contributed by atoms with Gasteiger partial charge in [0, 0.05) is 18.2 Å². The predicted octanol–water partition coefficient (Wildman–Crippen LogP) is 4.14. The van der Waals surface area contributed by atoms with Crippen LogP contribution in [0, 0.1) is 29.0 Å². The molecule has 0 spiro atoms. The number of hydrogen-bond donors (Lipinski definition) is 2. The van der Waals surface area contributed by atoms with Gasteiger partial charge in [-0.25, -0.2) is 4.39 Å². The third-order valence-corrected chi connectivity index (χ3v) is 4.15. The number of halogens is 3. The maximum atomic E-state index is 13.1. The third-order valence-electron chi connectivity index (χ3n) is 3.57. The van der Waals surface area contributed by atoms with Crippen LogP contribution in [0.25, 0.3) is 5.76 Å². The van der Waals surface area contributed by atoms with Gasteiger partial charge >= 0.3 is 0 Å². The second-order valence-electron chi connectivity index (χ2n) is 5.60. The highest BCUT2D eigenvalue weighted by atomic mass is 35.5. The molecule has 28 heavy (non-hydrogen) atoms. The first-order valence-corrected chi connectivity index (χ1v) is 8.51. The summed E-state index contributed by atoms with van der Waals surface area (Å²) in [5.74, 6) is 3.16. The molecule has 0 aliphatic rings. The standard InChI is InChI=1S/C20H13Cl2FN2O3/c1-25(7-3-5-12-4-2-6-14(23)8-12)20(28)15(11-24)18(26)13-9-16(21)19(27)17(22)10-13/h2,4,6,8-10,26-27H,7H2,1H3/b18-15-. The molecule has 2 rings (SSSR count). The molecule has 0 aliphatic heterocycles. The molecule has 2 aromatic rings. The van der Waals surface area contributed by atoms with Gasteiger partial charge in [-0.2, -0.15) is 5.26 Å². The van der Waals surface area contributed by atoms with Crippen LogP contribution in [0.4, 0.5) is 4.39 Å². The molecule has 0 unspecified atom stereocenters. The summed E-state index contributed by atoms with van der Waals surface area (Å²) in [7, 11) is 1.39. The van der Waals surface area contributed by atoms with Crippen molar-refractivity contribution >= 4 is 34.9 Å². The Morgan fingerprint density at radius 2 is 1.89 bits per heavy atom. The SMILES string of the molecule is CN(CC#Cc1cccc(F)c1)C(=O)/C(C#N)=C(\O)c1cc(Cl)c(O)c(Cl)c1. The third kappa shape index (κ3) is 4.95. The fraction of sp³-hybridized carbons (Fsp3) is 0.100. The summed E-state index contributed by atoms with van der Waals surface area (Å²) in [5, 5.41) is 28.9. The van der Waals surface area contributed by atoms with Gasteiger partial charge in [0.1, 0.15) is 17.6 Å². The zero-order chi connectivity index (χ0) is 20.8. The van der Waals surface area contributed by atoms with E-state index in [1.165, 1.54) is 37.4 Å². The van der Waals surface area contributed by atoms with Gasteiger partial charge in [0.25, 0.3) is 5.91 Å². The number of aliphatic hydroxyl groups is 1. The topological polar surface area (TPSA) is 84.6 Å². The molecule has 0 aliphatic carbocycles. The number of aliphatic hydroxyl groups excluding tert-OH is 1. The quantitative estimate of drug-likeness (QED) is 0.339. The Morgan fingerprint density at radius 3 is 2.46 bits per heavy atom. The second kappa shape index (κ2) is 9.14. The van der Waals surface area contributed by atoms with E-state index in [9.17, 15) is 24.7 Å². The Labute approximate surface area is 170 Å². The van der Waals surface area contributed by atoms with E-state index < -0.39 is 23.1 Å². The summed E-state index contributed by atoms with van der Waals surface area (Å²) >= 11 is 11.6. The van der Waals surface area contributed by atoms with Crippen LogP contribution in [0.2, 0.25) is 10.0 Å². The predicted molar refractivity (Wildman–Crippen MR) is 104 cm³/mol. The molecule has 5 nitrogen and oxygen atoms in total. The number of hydrogen-bond acceptors (Lipinski definition) is 4. The van der Waals surface area contributed by atoms with Crippen LogP contribution >= 0.6 is 23.2 Å². The average Bonchev–Trinajstić information content (AvgIpc) is 2.66. The molecule has 0 bridgehead atoms. The van der Waals surface area contributed by atoms with Gasteiger partial charge in [0.05, 0.1) is 16.6 Å². The molecular formula is C20H13Cl2FN2O3. The van der Waals surface area contributed by atoms with Gasteiger partial charge in [0.15, 0.2) is 11.3 Å². The lowest BCUT2D eigenvalue weighted by Gasteiger charge is -2.14. The van der Waals surface area contributed by atoms with Crippen LogP contribution in [0.5, 0.6) is 5.75 Å². The summed E-state index contributed by atoms with van der Waals surface area (Å²) in [4.78, 5) is 13.6. The van der Waals surface area contributed by atoms with Crippen molar-refractivity contribution in [1.82, 2.24) is 4.90 Å². The fourth-order valence-corrected chi connectivity index (χ4v) is 2.62. The first-order valence-electron chi connectivity index (χ1n) is 7.76. The lowest BCUT2D eigenvalue weighted by Crippen LogP contribution is -2.28. The summed E-state index contributed by atoms with van der Waals surface area (Å²) < 4.78 is 13.1. The van der Waals surface area contributed by atoms with Gasteiger partial charge in [-0.3, -0.25) is 4.79 Å². The molecule has 142 valence electrons. The van der Waals surface area contributed by atoms with Gasteiger partial charge < -0.3 is 15.1 Å². The Bertz CT molecular complexity index is 1040. The molecule has 2 N–H and O–H groups in total. The van der Waals surface area contributed by atoms with E-state index in [0.717, 1.165) is 4.90 Å². The van der Waals surface area contributed by atoms with Crippen molar-refractivity contribution in [2.45, 2.75) is 0 Å². The largest absolute Gasteiger partial charge is 0.506 e. The Kier molecular flexibility index (Phi) is 6.89. The minimum atomic E-state index is -0.783. The number of carbonyl (C=O) groups is 1. The van der Waals surface area contributed by atoms with Crippen LogP contribution in [-0.2, 0) is 4.79 Å². The van der Waals surface area contributed by atoms with Crippen molar-refractivity contribution in [2.24, 2.45) is 0 Å². The minimum Gasteiger partial charge on any atom is -0.506 e. The summed E-state index contributed by atoms with van der Waals surface area (Å²) in [6.07, 6.45) is 0. The van der Waals surface area contributed by atoms with Crippen LogP contribution in [0.1, 0.15) is 11.1 Å². The highest BCUT2D eigenvalue weighted by Gasteiger charge is 2.21. The van der Waals surface area contributed by atoms with E-state index in [4.69, 9.17) is 23.2 Å². The van der Waals surface area contributed by atoms with E-state index in [1.54, 1.807) is 12.1 Å². The number of benzene rings is 2. The van der Waals surface area contributed by atoms with E-state index in [0.29, 0.717) is 5.56 Å². The normalized spacial score (nSPS) is 11.0. The van der Waals surface area contributed by atoms with Crippen molar-refractivity contribution in [3.63, 3.8) is 0 Å². The number of carbonyl (C=O) groups excluding carboxylic acids is 1. The van der Waals surface area contributed by atoms with E-state index in [-0.39, 0.29) is 27.9 Å². The van der Waals surface area contributed by atoms with E-state index >= 15 is 0 Å². The molecule has 2 aromatic carbocycles. The average molecular weight is 419 g/mol. The molecular weight excluding hydrogens is 406 g/mol. The Balaban J connectivity index is 2.25. The number of phenolic OH excluding ortho intramolecular Hbond substituents is 1. The van der Waals surface area contributed by atoms with Crippen molar-refractivity contribution < 1.29 is 19.4 Å². The maximum Gasteiger partial charge on any atom is 0.268 e. The lowest BCUT2D eigenvalue weighted by molar-refractivity contribution is -0.124. The van der Waals surface area contributed by atoms with Gasteiger partial charge in [0.2, 0.25) is 0 Å². The monoisotopic (exact) mass is 418 g/mol. The lowest BCUT2D eigenvalue weighted by atomic mass is 10.1. The van der Waals surface area contributed by atoms with Crippen molar-refractivity contribution in [3.05, 3.63) is 69.0 Å². The Hall–Kier alpha value is -3.19. The fourth-order valence-electron chi connectivity index (χ4n) is 2.14. The van der Waals surface area contributed by atoms with Crippen molar-refractivity contribution in [2.75, 3.05) is 13.6 Å². The minimum absolute atomic E-state index is 0.00283. The zero-order valence-electron chi connectivity index (χ0n) is 14.5. The molecule has 8 heteroatoms. The summed E-state index contributed by atoms with van der Waals surface area (Å²) in [6, 6.07) is 9.65. The molecule has 0 radical (unpaired) electrons. The van der Waals surface area contributed by atoms with Gasteiger partial charge in [-0.1, -0.05) is 41.1 Å². The Morgan fingerprint density at radius 1 is 1.25 bits per heavy atom. The van der Waals surface area contributed by atoms with Crippen LogP contribution in [0.3, 0.4) is 0 Å². The van der Waals surface area contributed by atoms with Crippen LogP contribution in [-0.4, -0.2) is 34.6 Å². The number of nitriles is 1. The molecule has 0 fully saturated rings. The number of rotatable bonds is 3. The van der Waals surface area contributed by atoms with Crippen LogP contribution in [0.15, 0.2) is 42.0 Å². The molecule has 1 amide bonds. The smallest absolute Gasteiger partial charge is 0.268 e. The first kappa shape index (κ1) is 21.1. The molecule has 0 saturated carbocycles.